The summed E-state index contributed by atoms with van der Waals surface area (Å²) in [6.45, 7) is 1.92. The molecular formula is C15H21NO2S. The number of rotatable bonds is 4. The van der Waals surface area contributed by atoms with E-state index in [1.165, 1.54) is 23.5 Å². The Morgan fingerprint density at radius 2 is 2.37 bits per heavy atom. The third-order valence-electron chi connectivity index (χ3n) is 3.93. The predicted octanol–water partition coefficient (Wildman–Crippen LogP) is 2.86. The first-order valence-electron chi connectivity index (χ1n) is 6.98. The highest BCUT2D eigenvalue weighted by Gasteiger charge is 2.23. The quantitative estimate of drug-likeness (QED) is 0.918. The molecule has 1 saturated heterocycles. The van der Waals surface area contributed by atoms with E-state index in [1.54, 1.807) is 7.11 Å². The van der Waals surface area contributed by atoms with Crippen LogP contribution in [-0.4, -0.2) is 31.8 Å². The fourth-order valence-electron chi connectivity index (χ4n) is 2.76. The smallest absolute Gasteiger partial charge is 0.124 e. The maximum Gasteiger partial charge on any atom is 0.124 e. The molecule has 3 nitrogen and oxygen atoms in total. The van der Waals surface area contributed by atoms with E-state index >= 15 is 0 Å². The second-order valence-electron chi connectivity index (χ2n) is 5.23. The lowest BCUT2D eigenvalue weighted by Crippen LogP contribution is -2.31. The van der Waals surface area contributed by atoms with Gasteiger partial charge < -0.3 is 14.8 Å². The molecule has 19 heavy (non-hydrogen) atoms. The largest absolute Gasteiger partial charge is 0.497 e. The number of ether oxygens (including phenoxy) is 2. The molecule has 2 aliphatic rings. The van der Waals surface area contributed by atoms with Crippen molar-refractivity contribution in [3.05, 3.63) is 23.8 Å². The van der Waals surface area contributed by atoms with Crippen molar-refractivity contribution in [3.8, 4) is 11.5 Å². The van der Waals surface area contributed by atoms with Gasteiger partial charge in [-0.2, -0.15) is 11.8 Å². The number of thioether (sulfide) groups is 1. The van der Waals surface area contributed by atoms with E-state index in [1.807, 2.05) is 12.1 Å². The SMILES string of the molecule is COc1ccc2c(c1)C(NCC1CCSC1)CCO2. The van der Waals surface area contributed by atoms with Crippen LogP contribution in [-0.2, 0) is 0 Å². The molecule has 1 fully saturated rings. The summed E-state index contributed by atoms with van der Waals surface area (Å²) >= 11 is 2.08. The van der Waals surface area contributed by atoms with Crippen molar-refractivity contribution in [2.75, 3.05) is 31.8 Å². The van der Waals surface area contributed by atoms with E-state index in [2.05, 4.69) is 23.1 Å². The van der Waals surface area contributed by atoms with Crippen molar-refractivity contribution in [1.29, 1.82) is 0 Å². The van der Waals surface area contributed by atoms with Gasteiger partial charge in [-0.1, -0.05) is 0 Å². The minimum absolute atomic E-state index is 0.407. The molecule has 0 amide bonds. The highest BCUT2D eigenvalue weighted by atomic mass is 32.2. The summed E-state index contributed by atoms with van der Waals surface area (Å²) in [5.41, 5.74) is 1.25. The number of benzene rings is 1. The highest BCUT2D eigenvalue weighted by Crippen LogP contribution is 2.35. The first-order chi connectivity index (χ1) is 9.36. The summed E-state index contributed by atoms with van der Waals surface area (Å²) in [7, 11) is 1.71. The van der Waals surface area contributed by atoms with E-state index < -0.39 is 0 Å². The topological polar surface area (TPSA) is 30.5 Å². The van der Waals surface area contributed by atoms with Gasteiger partial charge in [0, 0.05) is 18.0 Å². The van der Waals surface area contributed by atoms with Gasteiger partial charge in [0.25, 0.3) is 0 Å². The third-order valence-corrected chi connectivity index (χ3v) is 5.16. The van der Waals surface area contributed by atoms with Crippen LogP contribution in [0.25, 0.3) is 0 Å². The van der Waals surface area contributed by atoms with Crippen molar-refractivity contribution in [1.82, 2.24) is 5.32 Å². The predicted molar refractivity (Wildman–Crippen MR) is 79.3 cm³/mol. The molecule has 2 atom stereocenters. The molecule has 1 aromatic rings. The molecule has 0 bridgehead atoms. The Labute approximate surface area is 119 Å². The minimum Gasteiger partial charge on any atom is -0.497 e. The van der Waals surface area contributed by atoms with Crippen molar-refractivity contribution in [3.63, 3.8) is 0 Å². The van der Waals surface area contributed by atoms with Crippen molar-refractivity contribution in [2.24, 2.45) is 5.92 Å². The zero-order valence-corrected chi connectivity index (χ0v) is 12.2. The van der Waals surface area contributed by atoms with Gasteiger partial charge >= 0.3 is 0 Å². The van der Waals surface area contributed by atoms with Gasteiger partial charge in [0.15, 0.2) is 0 Å². The molecule has 3 rings (SSSR count). The lowest BCUT2D eigenvalue weighted by Gasteiger charge is -2.28. The Balaban J connectivity index is 1.69. The average molecular weight is 279 g/mol. The number of methoxy groups -OCH3 is 1. The van der Waals surface area contributed by atoms with E-state index in [9.17, 15) is 0 Å². The molecule has 1 aromatic carbocycles. The molecule has 2 aliphatic heterocycles. The highest BCUT2D eigenvalue weighted by molar-refractivity contribution is 7.99. The first kappa shape index (κ1) is 13.1. The molecule has 1 N–H and O–H groups in total. The minimum atomic E-state index is 0.407. The number of hydrogen-bond donors (Lipinski definition) is 1. The summed E-state index contributed by atoms with van der Waals surface area (Å²) in [6, 6.07) is 6.50. The van der Waals surface area contributed by atoms with E-state index in [4.69, 9.17) is 9.47 Å². The van der Waals surface area contributed by atoms with Crippen molar-refractivity contribution in [2.45, 2.75) is 18.9 Å². The molecular weight excluding hydrogens is 258 g/mol. The summed E-state index contributed by atoms with van der Waals surface area (Å²) in [4.78, 5) is 0. The van der Waals surface area contributed by atoms with Crippen LogP contribution in [0.4, 0.5) is 0 Å². The summed E-state index contributed by atoms with van der Waals surface area (Å²) in [5, 5.41) is 3.72. The summed E-state index contributed by atoms with van der Waals surface area (Å²) < 4.78 is 11.0. The third kappa shape index (κ3) is 3.00. The van der Waals surface area contributed by atoms with Crippen LogP contribution in [0, 0.1) is 5.92 Å². The second kappa shape index (κ2) is 6.06. The monoisotopic (exact) mass is 279 g/mol. The van der Waals surface area contributed by atoms with Crippen LogP contribution < -0.4 is 14.8 Å². The van der Waals surface area contributed by atoms with Gasteiger partial charge in [-0.05, 0) is 48.6 Å². The summed E-state index contributed by atoms with van der Waals surface area (Å²) in [6.07, 6.45) is 2.39. The van der Waals surface area contributed by atoms with Crippen molar-refractivity contribution >= 4 is 11.8 Å². The van der Waals surface area contributed by atoms with Gasteiger partial charge in [-0.25, -0.2) is 0 Å². The van der Waals surface area contributed by atoms with E-state index in [0.717, 1.165) is 37.0 Å². The van der Waals surface area contributed by atoms with Gasteiger partial charge in [-0.15, -0.1) is 0 Å². The molecule has 2 unspecified atom stereocenters. The number of nitrogens with one attached hydrogen (secondary N) is 1. The molecule has 0 aromatic heterocycles. The zero-order valence-electron chi connectivity index (χ0n) is 11.4. The lowest BCUT2D eigenvalue weighted by atomic mass is 9.99. The van der Waals surface area contributed by atoms with Crippen molar-refractivity contribution < 1.29 is 9.47 Å². The normalized spacial score (nSPS) is 25.7. The average Bonchev–Trinajstić information content (AvgIpc) is 2.97. The Morgan fingerprint density at radius 3 is 3.16 bits per heavy atom. The molecule has 0 saturated carbocycles. The molecule has 2 heterocycles. The Morgan fingerprint density at radius 1 is 1.42 bits per heavy atom. The Bertz CT molecular complexity index is 432. The van der Waals surface area contributed by atoms with Crippen LogP contribution in [0.1, 0.15) is 24.4 Å². The second-order valence-corrected chi connectivity index (χ2v) is 6.38. The van der Waals surface area contributed by atoms with E-state index in [-0.39, 0.29) is 0 Å². The van der Waals surface area contributed by atoms with Crippen LogP contribution in [0.5, 0.6) is 11.5 Å². The zero-order chi connectivity index (χ0) is 13.1. The molecule has 4 heteroatoms. The van der Waals surface area contributed by atoms with Gasteiger partial charge in [-0.3, -0.25) is 0 Å². The van der Waals surface area contributed by atoms with E-state index in [0.29, 0.717) is 6.04 Å². The molecule has 0 aliphatic carbocycles. The number of hydrogen-bond acceptors (Lipinski definition) is 4. The molecule has 0 spiro atoms. The maximum atomic E-state index is 5.73. The van der Waals surface area contributed by atoms with Crippen LogP contribution in [0.15, 0.2) is 18.2 Å². The Kier molecular flexibility index (Phi) is 4.18. The van der Waals surface area contributed by atoms with Crippen LogP contribution >= 0.6 is 11.8 Å². The van der Waals surface area contributed by atoms with Crippen LogP contribution in [0.2, 0.25) is 0 Å². The molecule has 104 valence electrons. The standard InChI is InChI=1S/C15H21NO2S/c1-17-12-2-3-15-13(8-12)14(4-6-18-15)16-9-11-5-7-19-10-11/h2-3,8,11,14,16H,4-7,9-10H2,1H3. The van der Waals surface area contributed by atoms with Gasteiger partial charge in [0.1, 0.15) is 11.5 Å². The lowest BCUT2D eigenvalue weighted by molar-refractivity contribution is 0.248. The maximum absolute atomic E-state index is 5.73. The van der Waals surface area contributed by atoms with Gasteiger partial charge in [0.05, 0.1) is 13.7 Å². The molecule has 0 radical (unpaired) electrons. The van der Waals surface area contributed by atoms with Gasteiger partial charge in [0.2, 0.25) is 0 Å². The Hall–Kier alpha value is -0.870. The fraction of sp³-hybridized carbons (Fsp3) is 0.600. The summed E-state index contributed by atoms with van der Waals surface area (Å²) in [5.74, 6) is 5.38. The van der Waals surface area contributed by atoms with Crippen LogP contribution in [0.3, 0.4) is 0 Å². The first-order valence-corrected chi connectivity index (χ1v) is 8.14. The fourth-order valence-corrected chi connectivity index (χ4v) is 4.05. The number of fused-ring (bicyclic) bond motifs is 1.